The van der Waals surface area contributed by atoms with E-state index in [-0.39, 0.29) is 24.4 Å². The zero-order valence-corrected chi connectivity index (χ0v) is 17.9. The van der Waals surface area contributed by atoms with Crippen LogP contribution in [0.4, 0.5) is 5.69 Å². The maximum absolute atomic E-state index is 12.8. The van der Waals surface area contributed by atoms with Crippen LogP contribution in [0.1, 0.15) is 39.7 Å². The Labute approximate surface area is 176 Å². The van der Waals surface area contributed by atoms with E-state index in [1.165, 1.54) is 42.2 Å². The molecule has 9 heteroatoms. The van der Waals surface area contributed by atoms with Crippen LogP contribution < -0.4 is 5.11 Å². The van der Waals surface area contributed by atoms with Gasteiger partial charge in [-0.25, -0.2) is 4.79 Å². The second-order valence-electron chi connectivity index (χ2n) is 7.28. The number of benzene rings is 1. The molecule has 1 saturated heterocycles. The minimum atomic E-state index is -1.32. The number of β-lactam (4-membered cyclic amide) rings is 1. The lowest BCUT2D eigenvalue weighted by Gasteiger charge is -2.55. The van der Waals surface area contributed by atoms with E-state index in [1.807, 2.05) is 20.8 Å². The maximum Gasteiger partial charge on any atom is 0.332 e. The molecule has 0 N–H and O–H groups in total. The summed E-state index contributed by atoms with van der Waals surface area (Å²) in [6.07, 6.45) is 1.32. The highest BCUT2D eigenvalue weighted by molar-refractivity contribution is 5.90. The number of ether oxygens (including phenoxy) is 1. The van der Waals surface area contributed by atoms with Gasteiger partial charge in [0.2, 0.25) is 5.91 Å². The van der Waals surface area contributed by atoms with Gasteiger partial charge in [-0.15, -0.1) is 5.76 Å². The lowest BCUT2D eigenvalue weighted by molar-refractivity contribution is -0.959. The van der Waals surface area contributed by atoms with Crippen molar-refractivity contribution in [2.24, 2.45) is 0 Å². The minimum Gasteiger partial charge on any atom is -0.874 e. The van der Waals surface area contributed by atoms with Gasteiger partial charge in [0.05, 0.1) is 31.0 Å². The van der Waals surface area contributed by atoms with Crippen molar-refractivity contribution in [3.05, 3.63) is 51.8 Å². The quantitative estimate of drug-likeness (QED) is 0.142. The molecule has 2 atom stereocenters. The fourth-order valence-corrected chi connectivity index (χ4v) is 3.96. The molecule has 164 valence electrons. The molecule has 1 aliphatic heterocycles. The van der Waals surface area contributed by atoms with Crippen molar-refractivity contribution >= 4 is 17.6 Å². The number of quaternary nitrogens is 1. The van der Waals surface area contributed by atoms with Crippen molar-refractivity contribution in [3.63, 3.8) is 0 Å². The summed E-state index contributed by atoms with van der Waals surface area (Å²) >= 11 is 0. The summed E-state index contributed by atoms with van der Waals surface area (Å²) in [5.74, 6) is -1.52. The average molecular weight is 419 g/mol. The summed E-state index contributed by atoms with van der Waals surface area (Å²) in [7, 11) is 0. The minimum absolute atomic E-state index is 0.0689. The number of non-ortho nitro benzene ring substituents is 1. The summed E-state index contributed by atoms with van der Waals surface area (Å²) in [6, 6.07) is 4.28. The molecule has 1 heterocycles. The number of hydrogen-bond acceptors (Lipinski definition) is 6. The molecule has 0 bridgehead atoms. The molecule has 0 aromatic heterocycles. The number of nitro benzene ring substituents is 1. The van der Waals surface area contributed by atoms with E-state index < -0.39 is 22.7 Å². The molecule has 1 aliphatic rings. The normalized spacial score (nSPS) is 18.0. The topological polar surface area (TPSA) is 113 Å². The third kappa shape index (κ3) is 4.46. The van der Waals surface area contributed by atoms with E-state index in [2.05, 4.69) is 0 Å². The number of esters is 1. The lowest BCUT2D eigenvalue weighted by Crippen LogP contribution is -2.73. The van der Waals surface area contributed by atoms with Crippen LogP contribution in [0.15, 0.2) is 36.1 Å². The predicted molar refractivity (Wildman–Crippen MR) is 108 cm³/mol. The highest BCUT2D eigenvalue weighted by Crippen LogP contribution is 2.33. The number of allylic oxidation sites excluding steroid dienone is 1. The van der Waals surface area contributed by atoms with Gasteiger partial charge < -0.3 is 14.3 Å². The molecule has 9 nitrogen and oxygen atoms in total. The van der Waals surface area contributed by atoms with Crippen molar-refractivity contribution < 1.29 is 28.8 Å². The molecule has 2 rings (SSSR count). The van der Waals surface area contributed by atoms with Crippen molar-refractivity contribution in [3.8, 4) is 0 Å². The van der Waals surface area contributed by atoms with Gasteiger partial charge in [-0.2, -0.15) is 0 Å². The first-order valence-corrected chi connectivity index (χ1v) is 10.1. The SMILES string of the molecule is CC=C([O-])C(C(=O)OCc1ccc([N+](=O)[O-])cc1)N1C(=O)CC1[N+](CC)(CC)CC. The number of carbonyl (C=O) groups excluding carboxylic acids is 2. The third-order valence-electron chi connectivity index (χ3n) is 6.07. The molecular formula is C21H29N3O6. The first-order valence-electron chi connectivity index (χ1n) is 10.1. The smallest absolute Gasteiger partial charge is 0.332 e. The van der Waals surface area contributed by atoms with E-state index in [9.17, 15) is 24.8 Å². The molecule has 30 heavy (non-hydrogen) atoms. The van der Waals surface area contributed by atoms with E-state index in [4.69, 9.17) is 4.74 Å². The van der Waals surface area contributed by atoms with Crippen LogP contribution in [0.25, 0.3) is 0 Å². The van der Waals surface area contributed by atoms with Crippen LogP contribution >= 0.6 is 0 Å². The zero-order chi connectivity index (χ0) is 22.5. The van der Waals surface area contributed by atoms with E-state index >= 15 is 0 Å². The summed E-state index contributed by atoms with van der Waals surface area (Å²) < 4.78 is 5.94. The number of rotatable bonds is 10. The maximum atomic E-state index is 12.8. The monoisotopic (exact) mass is 419 g/mol. The lowest BCUT2D eigenvalue weighted by atomic mass is 9.99. The molecular weight excluding hydrogens is 390 g/mol. The molecule has 0 aliphatic carbocycles. The Hall–Kier alpha value is -2.94. The van der Waals surface area contributed by atoms with Gasteiger partial charge in [0.1, 0.15) is 12.6 Å². The highest BCUT2D eigenvalue weighted by atomic mass is 16.6. The van der Waals surface area contributed by atoms with E-state index in [0.717, 1.165) is 19.6 Å². The fourth-order valence-electron chi connectivity index (χ4n) is 3.96. The van der Waals surface area contributed by atoms with Gasteiger partial charge in [-0.3, -0.25) is 19.8 Å². The van der Waals surface area contributed by atoms with Gasteiger partial charge in [-0.05, 0) is 45.4 Å². The second kappa shape index (κ2) is 9.71. The molecule has 0 spiro atoms. The van der Waals surface area contributed by atoms with Gasteiger partial charge in [0.25, 0.3) is 5.69 Å². The third-order valence-corrected chi connectivity index (χ3v) is 6.07. The number of nitrogens with zero attached hydrogens (tertiary/aromatic N) is 3. The average Bonchev–Trinajstić information content (AvgIpc) is 2.76. The van der Waals surface area contributed by atoms with Crippen LogP contribution in [-0.4, -0.2) is 58.0 Å². The number of carbonyl (C=O) groups is 2. The zero-order valence-electron chi connectivity index (χ0n) is 17.9. The largest absolute Gasteiger partial charge is 0.874 e. The molecule has 1 fully saturated rings. The summed E-state index contributed by atoms with van der Waals surface area (Å²) in [4.78, 5) is 36.9. The Morgan fingerprint density at radius 2 is 1.83 bits per heavy atom. The van der Waals surface area contributed by atoms with Crippen molar-refractivity contribution in [1.29, 1.82) is 0 Å². The Bertz CT molecular complexity index is 808. The Kier molecular flexibility index (Phi) is 7.55. The van der Waals surface area contributed by atoms with E-state index in [1.54, 1.807) is 0 Å². The van der Waals surface area contributed by atoms with Crippen LogP contribution in [-0.2, 0) is 20.9 Å². The number of nitro groups is 1. The summed E-state index contributed by atoms with van der Waals surface area (Å²) in [6.45, 7) is 9.80. The van der Waals surface area contributed by atoms with Gasteiger partial charge in [0.15, 0.2) is 6.17 Å². The predicted octanol–water partition coefficient (Wildman–Crippen LogP) is 1.71. The van der Waals surface area contributed by atoms with Gasteiger partial charge in [-0.1, -0.05) is 6.08 Å². The molecule has 1 aromatic carbocycles. The first kappa shape index (κ1) is 23.3. The number of likely N-dealkylation sites (tertiary alicyclic amines) is 1. The first-order chi connectivity index (χ1) is 14.2. The molecule has 2 unspecified atom stereocenters. The Balaban J connectivity index is 2.21. The van der Waals surface area contributed by atoms with Crippen molar-refractivity contribution in [1.82, 2.24) is 4.90 Å². The number of amides is 1. The van der Waals surface area contributed by atoms with Crippen molar-refractivity contribution in [2.45, 2.75) is 52.9 Å². The van der Waals surface area contributed by atoms with E-state index in [0.29, 0.717) is 16.5 Å². The summed E-state index contributed by atoms with van der Waals surface area (Å²) in [5.41, 5.74) is 0.480. The van der Waals surface area contributed by atoms with Crippen molar-refractivity contribution in [2.75, 3.05) is 19.6 Å². The molecule has 0 radical (unpaired) electrons. The molecule has 1 aromatic rings. The Morgan fingerprint density at radius 3 is 2.27 bits per heavy atom. The Morgan fingerprint density at radius 1 is 1.27 bits per heavy atom. The highest BCUT2D eigenvalue weighted by Gasteiger charge is 2.53. The van der Waals surface area contributed by atoms with Gasteiger partial charge in [0, 0.05) is 12.1 Å². The second-order valence-corrected chi connectivity index (χ2v) is 7.28. The molecule has 0 saturated carbocycles. The standard InChI is InChI=1S/C21H29N3O6/c1-5-17(25)20(22-18(13-19(22)26)24(6-2,7-3)8-4)21(27)30-14-15-9-11-16(12-10-15)23(28)29/h5,9-12,18,20H,6-8,13-14H2,1-4H3. The number of hydrogen-bond donors (Lipinski definition) is 0. The van der Waals surface area contributed by atoms with Crippen LogP contribution in [0.2, 0.25) is 0 Å². The van der Waals surface area contributed by atoms with Crippen LogP contribution in [0.5, 0.6) is 0 Å². The summed E-state index contributed by atoms with van der Waals surface area (Å²) in [5, 5.41) is 23.3. The fraction of sp³-hybridized carbons (Fsp3) is 0.524. The van der Waals surface area contributed by atoms with Gasteiger partial charge >= 0.3 is 5.97 Å². The van der Waals surface area contributed by atoms with Crippen LogP contribution in [0.3, 0.4) is 0 Å². The van der Waals surface area contributed by atoms with Crippen LogP contribution in [0, 0.1) is 10.1 Å². The molecule has 1 amide bonds.